The summed E-state index contributed by atoms with van der Waals surface area (Å²) in [6.07, 6.45) is 0. The van der Waals surface area contributed by atoms with Crippen molar-refractivity contribution in [3.8, 4) is 5.75 Å². The Labute approximate surface area is 83.2 Å². The highest BCUT2D eigenvalue weighted by atomic mass is 35.5. The summed E-state index contributed by atoms with van der Waals surface area (Å²) in [5.74, 6) is -0.109. The summed E-state index contributed by atoms with van der Waals surface area (Å²) in [5, 5.41) is 0.209. The summed E-state index contributed by atoms with van der Waals surface area (Å²) in [6.45, 7) is -2.91. The van der Waals surface area contributed by atoms with E-state index in [4.69, 9.17) is 28.9 Å². The Kier molecular flexibility index (Phi) is 3.17. The summed E-state index contributed by atoms with van der Waals surface area (Å²) in [6, 6.07) is 2.35. The molecule has 1 aromatic carbocycles. The second kappa shape index (κ2) is 3.98. The van der Waals surface area contributed by atoms with Gasteiger partial charge in [-0.15, -0.1) is 0 Å². The number of rotatable bonds is 2. The molecule has 0 aliphatic rings. The van der Waals surface area contributed by atoms with Crippen molar-refractivity contribution in [1.82, 2.24) is 0 Å². The largest absolute Gasteiger partial charge is 0.435 e. The van der Waals surface area contributed by atoms with Gasteiger partial charge in [0.15, 0.2) is 0 Å². The molecule has 0 amide bonds. The zero-order chi connectivity index (χ0) is 10.0. The van der Waals surface area contributed by atoms with Crippen LogP contribution < -0.4 is 10.5 Å². The van der Waals surface area contributed by atoms with Crippen molar-refractivity contribution in [3.05, 3.63) is 22.2 Å². The molecule has 2 N–H and O–H groups in total. The topological polar surface area (TPSA) is 35.2 Å². The number of alkyl halides is 2. The minimum absolute atomic E-state index is 0.0808. The predicted molar refractivity (Wildman–Crippen MR) is 47.5 cm³/mol. The molecule has 1 aromatic rings. The Hall–Kier alpha value is -0.740. The second-order valence-corrected chi connectivity index (χ2v) is 2.97. The van der Waals surface area contributed by atoms with E-state index in [9.17, 15) is 8.78 Å². The fraction of sp³-hybridized carbons (Fsp3) is 0.143. The third-order valence-corrected chi connectivity index (χ3v) is 2.07. The normalized spacial score (nSPS) is 10.5. The SMILES string of the molecule is Nc1cc(OC(F)F)cc(Cl)c1Cl. The molecule has 0 aromatic heterocycles. The average Bonchev–Trinajstić information content (AvgIpc) is 1.98. The van der Waals surface area contributed by atoms with Gasteiger partial charge in [0.1, 0.15) is 5.75 Å². The minimum atomic E-state index is -2.91. The average molecular weight is 228 g/mol. The third-order valence-electron chi connectivity index (χ3n) is 1.26. The molecule has 0 atom stereocenters. The van der Waals surface area contributed by atoms with Crippen molar-refractivity contribution in [2.75, 3.05) is 5.73 Å². The minimum Gasteiger partial charge on any atom is -0.435 e. The molecule has 0 unspecified atom stereocenters. The third kappa shape index (κ3) is 2.60. The Morgan fingerprint density at radius 1 is 1.31 bits per heavy atom. The van der Waals surface area contributed by atoms with E-state index in [0.29, 0.717) is 0 Å². The monoisotopic (exact) mass is 227 g/mol. The Morgan fingerprint density at radius 3 is 2.38 bits per heavy atom. The fourth-order valence-electron chi connectivity index (χ4n) is 0.755. The van der Waals surface area contributed by atoms with E-state index < -0.39 is 6.61 Å². The molecule has 72 valence electrons. The lowest BCUT2D eigenvalue weighted by atomic mass is 10.3. The van der Waals surface area contributed by atoms with Gasteiger partial charge in [-0.3, -0.25) is 0 Å². The maximum atomic E-state index is 11.7. The molecule has 0 aliphatic carbocycles. The van der Waals surface area contributed by atoms with Crippen LogP contribution >= 0.6 is 23.2 Å². The van der Waals surface area contributed by atoms with E-state index in [1.54, 1.807) is 0 Å². The molecular weight excluding hydrogens is 223 g/mol. The van der Waals surface area contributed by atoms with Gasteiger partial charge in [0.2, 0.25) is 0 Å². The van der Waals surface area contributed by atoms with Crippen LogP contribution in [0.3, 0.4) is 0 Å². The first-order valence-electron chi connectivity index (χ1n) is 3.20. The molecule has 0 bridgehead atoms. The molecule has 0 saturated heterocycles. The van der Waals surface area contributed by atoms with Crippen LogP contribution in [0.1, 0.15) is 0 Å². The van der Waals surface area contributed by atoms with Crippen molar-refractivity contribution in [3.63, 3.8) is 0 Å². The van der Waals surface area contributed by atoms with Gasteiger partial charge in [-0.1, -0.05) is 23.2 Å². The van der Waals surface area contributed by atoms with Crippen LogP contribution in [0.4, 0.5) is 14.5 Å². The summed E-state index contributed by atoms with van der Waals surface area (Å²) in [5.41, 5.74) is 5.46. The van der Waals surface area contributed by atoms with E-state index in [-0.39, 0.29) is 21.5 Å². The first-order valence-corrected chi connectivity index (χ1v) is 3.95. The molecule has 2 nitrogen and oxygen atoms in total. The maximum Gasteiger partial charge on any atom is 0.387 e. The molecule has 0 spiro atoms. The lowest BCUT2D eigenvalue weighted by Gasteiger charge is -2.07. The highest BCUT2D eigenvalue weighted by molar-refractivity contribution is 6.43. The maximum absolute atomic E-state index is 11.7. The standard InChI is InChI=1S/C7H5Cl2F2NO/c8-4-1-3(13-7(10)11)2-5(12)6(4)9/h1-2,7H,12H2. The predicted octanol–water partition coefficient (Wildman–Crippen LogP) is 3.18. The lowest BCUT2D eigenvalue weighted by molar-refractivity contribution is -0.0497. The van der Waals surface area contributed by atoms with Gasteiger partial charge in [-0.2, -0.15) is 8.78 Å². The number of nitrogens with two attached hydrogens (primary N) is 1. The van der Waals surface area contributed by atoms with Gasteiger partial charge in [-0.25, -0.2) is 0 Å². The molecule has 1 rings (SSSR count). The quantitative estimate of drug-likeness (QED) is 0.789. The number of ether oxygens (including phenoxy) is 1. The van der Waals surface area contributed by atoms with Crippen LogP contribution in [0.2, 0.25) is 10.0 Å². The smallest absolute Gasteiger partial charge is 0.387 e. The van der Waals surface area contributed by atoms with E-state index >= 15 is 0 Å². The van der Waals surface area contributed by atoms with Crippen LogP contribution in [-0.4, -0.2) is 6.61 Å². The zero-order valence-electron chi connectivity index (χ0n) is 6.23. The molecule has 0 fully saturated rings. The van der Waals surface area contributed by atoms with E-state index in [2.05, 4.69) is 4.74 Å². The molecule has 6 heteroatoms. The van der Waals surface area contributed by atoms with Crippen molar-refractivity contribution in [2.45, 2.75) is 6.61 Å². The first-order chi connectivity index (χ1) is 6.00. The van der Waals surface area contributed by atoms with E-state index in [1.807, 2.05) is 0 Å². The molecule has 0 aliphatic heterocycles. The van der Waals surface area contributed by atoms with Crippen molar-refractivity contribution in [1.29, 1.82) is 0 Å². The summed E-state index contributed by atoms with van der Waals surface area (Å²) >= 11 is 11.2. The molecule has 13 heavy (non-hydrogen) atoms. The van der Waals surface area contributed by atoms with Gasteiger partial charge in [0.05, 0.1) is 15.7 Å². The van der Waals surface area contributed by atoms with Gasteiger partial charge < -0.3 is 10.5 Å². The summed E-state index contributed by atoms with van der Waals surface area (Å²) in [4.78, 5) is 0. The molecular formula is C7H5Cl2F2NO. The Balaban J connectivity index is 2.99. The van der Waals surface area contributed by atoms with E-state index in [1.165, 1.54) is 12.1 Å². The van der Waals surface area contributed by atoms with Crippen LogP contribution in [0, 0.1) is 0 Å². The van der Waals surface area contributed by atoms with Gasteiger partial charge in [0, 0.05) is 12.1 Å². The molecule has 0 saturated carbocycles. The zero-order valence-corrected chi connectivity index (χ0v) is 7.74. The molecule has 0 heterocycles. The van der Waals surface area contributed by atoms with Crippen LogP contribution in [-0.2, 0) is 0 Å². The van der Waals surface area contributed by atoms with Crippen LogP contribution in [0.15, 0.2) is 12.1 Å². The fourth-order valence-corrected chi connectivity index (χ4v) is 1.08. The van der Waals surface area contributed by atoms with Crippen LogP contribution in [0.25, 0.3) is 0 Å². The van der Waals surface area contributed by atoms with Crippen LogP contribution in [0.5, 0.6) is 5.75 Å². The molecule has 0 radical (unpaired) electrons. The number of benzene rings is 1. The highest BCUT2D eigenvalue weighted by Crippen LogP contribution is 2.33. The number of halogens is 4. The van der Waals surface area contributed by atoms with Gasteiger partial charge in [-0.05, 0) is 0 Å². The summed E-state index contributed by atoms with van der Waals surface area (Å²) < 4.78 is 27.6. The number of nitrogen functional groups attached to an aromatic ring is 1. The Bertz CT molecular complexity index is 296. The second-order valence-electron chi connectivity index (χ2n) is 2.19. The number of hydrogen-bond donors (Lipinski definition) is 1. The number of hydrogen-bond acceptors (Lipinski definition) is 2. The lowest BCUT2D eigenvalue weighted by Crippen LogP contribution is -2.02. The van der Waals surface area contributed by atoms with Gasteiger partial charge in [0.25, 0.3) is 0 Å². The van der Waals surface area contributed by atoms with Crippen molar-refractivity contribution < 1.29 is 13.5 Å². The van der Waals surface area contributed by atoms with E-state index in [0.717, 1.165) is 0 Å². The van der Waals surface area contributed by atoms with Crippen molar-refractivity contribution in [2.24, 2.45) is 0 Å². The Morgan fingerprint density at radius 2 is 1.92 bits per heavy atom. The first kappa shape index (κ1) is 10.3. The summed E-state index contributed by atoms with van der Waals surface area (Å²) in [7, 11) is 0. The van der Waals surface area contributed by atoms with Gasteiger partial charge >= 0.3 is 6.61 Å². The number of anilines is 1. The highest BCUT2D eigenvalue weighted by Gasteiger charge is 2.09. The van der Waals surface area contributed by atoms with Crippen molar-refractivity contribution >= 4 is 28.9 Å².